The fourth-order valence-electron chi connectivity index (χ4n) is 2.65. The third kappa shape index (κ3) is 2.99. The molecule has 0 saturated heterocycles. The highest BCUT2D eigenvalue weighted by Crippen LogP contribution is 2.21. The SMILES string of the molecule is Cc1ccccc1C1=NC(=Cc2ccc(-n3ccnc3)cc2)C(=O)O1. The molecule has 0 bridgehead atoms. The van der Waals surface area contributed by atoms with Gasteiger partial charge in [-0.25, -0.2) is 14.8 Å². The molecule has 5 heteroatoms. The molecule has 1 aliphatic rings. The van der Waals surface area contributed by atoms with E-state index in [0.717, 1.165) is 22.4 Å². The first-order valence-corrected chi connectivity index (χ1v) is 7.88. The van der Waals surface area contributed by atoms with Crippen molar-refractivity contribution >= 4 is 17.9 Å². The molecule has 2 heterocycles. The van der Waals surface area contributed by atoms with E-state index < -0.39 is 5.97 Å². The van der Waals surface area contributed by atoms with E-state index in [0.29, 0.717) is 11.6 Å². The number of imidazole rings is 1. The van der Waals surface area contributed by atoms with Crippen LogP contribution >= 0.6 is 0 Å². The second-order valence-corrected chi connectivity index (χ2v) is 5.71. The van der Waals surface area contributed by atoms with E-state index in [-0.39, 0.29) is 0 Å². The molecule has 0 spiro atoms. The first-order valence-electron chi connectivity index (χ1n) is 7.88. The molecule has 0 atom stereocenters. The van der Waals surface area contributed by atoms with Gasteiger partial charge in [0.1, 0.15) is 0 Å². The number of carbonyl (C=O) groups excluding carboxylic acids is 1. The summed E-state index contributed by atoms with van der Waals surface area (Å²) in [4.78, 5) is 20.5. The van der Waals surface area contributed by atoms with Crippen LogP contribution in [0.5, 0.6) is 0 Å². The summed E-state index contributed by atoms with van der Waals surface area (Å²) >= 11 is 0. The van der Waals surface area contributed by atoms with Crippen molar-refractivity contribution in [2.45, 2.75) is 6.92 Å². The number of hydrogen-bond acceptors (Lipinski definition) is 4. The minimum Gasteiger partial charge on any atom is -0.402 e. The zero-order chi connectivity index (χ0) is 17.2. The number of aliphatic imine (C=N–C) groups is 1. The van der Waals surface area contributed by atoms with Gasteiger partial charge >= 0.3 is 5.97 Å². The van der Waals surface area contributed by atoms with Gasteiger partial charge < -0.3 is 9.30 Å². The van der Waals surface area contributed by atoms with Gasteiger partial charge in [0, 0.05) is 23.6 Å². The average Bonchev–Trinajstić information content (AvgIpc) is 3.27. The van der Waals surface area contributed by atoms with Gasteiger partial charge in [-0.05, 0) is 42.3 Å². The van der Waals surface area contributed by atoms with Crippen LogP contribution in [0.1, 0.15) is 16.7 Å². The predicted octanol–water partition coefficient (Wildman–Crippen LogP) is 3.53. The summed E-state index contributed by atoms with van der Waals surface area (Å²) in [6.07, 6.45) is 7.07. The van der Waals surface area contributed by atoms with Crippen LogP contribution in [-0.2, 0) is 9.53 Å². The summed E-state index contributed by atoms with van der Waals surface area (Å²) < 4.78 is 7.24. The van der Waals surface area contributed by atoms with Crippen molar-refractivity contribution in [2.24, 2.45) is 4.99 Å². The van der Waals surface area contributed by atoms with Crippen LogP contribution in [0.15, 0.2) is 77.9 Å². The molecule has 5 nitrogen and oxygen atoms in total. The van der Waals surface area contributed by atoms with Gasteiger partial charge in [0.2, 0.25) is 5.90 Å². The maximum absolute atomic E-state index is 12.1. The number of carbonyl (C=O) groups is 1. The van der Waals surface area contributed by atoms with Crippen molar-refractivity contribution in [3.63, 3.8) is 0 Å². The molecule has 122 valence electrons. The number of hydrogen-bond donors (Lipinski definition) is 0. The van der Waals surface area contributed by atoms with E-state index in [1.807, 2.05) is 66.2 Å². The number of aryl methyl sites for hydroxylation is 1. The first-order chi connectivity index (χ1) is 12.2. The number of benzene rings is 2. The molecule has 0 aliphatic carbocycles. The van der Waals surface area contributed by atoms with Crippen LogP contribution in [0.4, 0.5) is 0 Å². The van der Waals surface area contributed by atoms with Gasteiger partial charge in [-0.1, -0.05) is 30.3 Å². The molecular formula is C20H15N3O2. The van der Waals surface area contributed by atoms with E-state index in [1.165, 1.54) is 0 Å². The highest BCUT2D eigenvalue weighted by molar-refractivity contribution is 6.13. The molecule has 25 heavy (non-hydrogen) atoms. The van der Waals surface area contributed by atoms with Crippen LogP contribution in [0.3, 0.4) is 0 Å². The maximum atomic E-state index is 12.1. The van der Waals surface area contributed by atoms with Crippen molar-refractivity contribution in [3.05, 3.63) is 89.6 Å². The largest absolute Gasteiger partial charge is 0.402 e. The average molecular weight is 329 g/mol. The molecular weight excluding hydrogens is 314 g/mol. The number of cyclic esters (lactones) is 1. The van der Waals surface area contributed by atoms with Crippen LogP contribution in [0.25, 0.3) is 11.8 Å². The third-order valence-corrected chi connectivity index (χ3v) is 4.00. The Balaban J connectivity index is 1.63. The van der Waals surface area contributed by atoms with Crippen LogP contribution in [0.2, 0.25) is 0 Å². The van der Waals surface area contributed by atoms with Crippen molar-refractivity contribution in [1.29, 1.82) is 0 Å². The lowest BCUT2D eigenvalue weighted by molar-refractivity contribution is -0.129. The molecule has 0 unspecified atom stereocenters. The highest BCUT2D eigenvalue weighted by atomic mass is 16.6. The van der Waals surface area contributed by atoms with E-state index in [9.17, 15) is 4.79 Å². The predicted molar refractivity (Wildman–Crippen MR) is 95.3 cm³/mol. The molecule has 0 fully saturated rings. The Morgan fingerprint density at radius 3 is 2.60 bits per heavy atom. The molecule has 1 aliphatic heterocycles. The normalized spacial score (nSPS) is 15.3. The van der Waals surface area contributed by atoms with Gasteiger partial charge in [-0.2, -0.15) is 0 Å². The molecule has 0 saturated carbocycles. The van der Waals surface area contributed by atoms with Gasteiger partial charge in [-0.15, -0.1) is 0 Å². The Labute approximate surface area is 144 Å². The summed E-state index contributed by atoms with van der Waals surface area (Å²) in [5, 5.41) is 0. The summed E-state index contributed by atoms with van der Waals surface area (Å²) in [5.41, 5.74) is 4.02. The highest BCUT2D eigenvalue weighted by Gasteiger charge is 2.24. The van der Waals surface area contributed by atoms with Crippen molar-refractivity contribution in [2.75, 3.05) is 0 Å². The molecule has 0 amide bonds. The Bertz CT molecular complexity index is 984. The topological polar surface area (TPSA) is 56.5 Å². The summed E-state index contributed by atoms with van der Waals surface area (Å²) in [6.45, 7) is 1.96. The fraction of sp³-hybridized carbons (Fsp3) is 0.0500. The molecule has 3 aromatic rings. The van der Waals surface area contributed by atoms with Crippen LogP contribution in [-0.4, -0.2) is 21.4 Å². The van der Waals surface area contributed by atoms with Crippen molar-refractivity contribution in [1.82, 2.24) is 9.55 Å². The lowest BCUT2D eigenvalue weighted by Gasteiger charge is -2.02. The number of esters is 1. The standard InChI is InChI=1S/C20H15N3O2/c1-14-4-2-3-5-17(14)19-22-18(20(24)25-19)12-15-6-8-16(9-7-15)23-11-10-21-13-23/h2-13H,1H3. The zero-order valence-electron chi connectivity index (χ0n) is 13.6. The maximum Gasteiger partial charge on any atom is 0.363 e. The van der Waals surface area contributed by atoms with Crippen LogP contribution in [0, 0.1) is 6.92 Å². The van der Waals surface area contributed by atoms with Crippen molar-refractivity contribution in [3.8, 4) is 5.69 Å². The second kappa shape index (κ2) is 6.20. The Morgan fingerprint density at radius 1 is 1.08 bits per heavy atom. The van der Waals surface area contributed by atoms with Gasteiger partial charge in [0.25, 0.3) is 0 Å². The molecule has 2 aromatic carbocycles. The van der Waals surface area contributed by atoms with Gasteiger partial charge in [-0.3, -0.25) is 0 Å². The smallest absolute Gasteiger partial charge is 0.363 e. The zero-order valence-corrected chi connectivity index (χ0v) is 13.6. The van der Waals surface area contributed by atoms with E-state index in [4.69, 9.17) is 4.74 Å². The number of nitrogens with zero attached hydrogens (tertiary/aromatic N) is 3. The minimum atomic E-state index is -0.433. The summed E-state index contributed by atoms with van der Waals surface area (Å²) in [5.74, 6) is -0.0821. The summed E-state index contributed by atoms with van der Waals surface area (Å²) in [7, 11) is 0. The van der Waals surface area contributed by atoms with E-state index >= 15 is 0 Å². The molecule has 1 aromatic heterocycles. The number of aromatic nitrogens is 2. The Morgan fingerprint density at radius 2 is 1.88 bits per heavy atom. The Hall–Kier alpha value is -3.47. The minimum absolute atomic E-state index is 0.300. The quantitative estimate of drug-likeness (QED) is 0.546. The lowest BCUT2D eigenvalue weighted by Crippen LogP contribution is -2.06. The number of rotatable bonds is 3. The summed E-state index contributed by atoms with van der Waals surface area (Å²) in [6, 6.07) is 15.5. The van der Waals surface area contributed by atoms with E-state index in [1.54, 1.807) is 18.6 Å². The molecule has 0 N–H and O–H groups in total. The second-order valence-electron chi connectivity index (χ2n) is 5.71. The molecule has 0 radical (unpaired) electrons. The monoisotopic (exact) mass is 329 g/mol. The van der Waals surface area contributed by atoms with E-state index in [2.05, 4.69) is 9.98 Å². The van der Waals surface area contributed by atoms with Crippen LogP contribution < -0.4 is 0 Å². The first kappa shape index (κ1) is 15.1. The van der Waals surface area contributed by atoms with Gasteiger partial charge in [0.05, 0.1) is 6.33 Å². The lowest BCUT2D eigenvalue weighted by atomic mass is 10.1. The third-order valence-electron chi connectivity index (χ3n) is 4.00. The number of ether oxygens (including phenoxy) is 1. The fourth-order valence-corrected chi connectivity index (χ4v) is 2.65. The van der Waals surface area contributed by atoms with Crippen molar-refractivity contribution < 1.29 is 9.53 Å². The van der Waals surface area contributed by atoms with Gasteiger partial charge in [0.15, 0.2) is 5.70 Å². The molecule has 4 rings (SSSR count). The Kier molecular flexibility index (Phi) is 3.74.